The molecule has 1 saturated carbocycles. The molecule has 1 nitrogen and oxygen atoms in total. The SMILES string of the molecule is CC(C)=C[C@H]1[C@H](C(O)=C(C)C)C1(C)C. The average Bonchev–Trinajstić information content (AvgIpc) is 2.50. The van der Waals surface area contributed by atoms with Crippen LogP contribution in [0.1, 0.15) is 41.5 Å². The number of hydrogen-bond donors (Lipinski definition) is 1. The van der Waals surface area contributed by atoms with Crippen LogP contribution in [0, 0.1) is 17.3 Å². The van der Waals surface area contributed by atoms with E-state index in [-0.39, 0.29) is 5.41 Å². The van der Waals surface area contributed by atoms with Crippen LogP contribution < -0.4 is 0 Å². The molecule has 0 aliphatic heterocycles. The Hall–Kier alpha value is -0.720. The summed E-state index contributed by atoms with van der Waals surface area (Å²) in [6.45, 7) is 12.6. The zero-order chi connectivity index (χ0) is 11.1. The zero-order valence-corrected chi connectivity index (χ0v) is 10.2. The van der Waals surface area contributed by atoms with Gasteiger partial charge in [-0.1, -0.05) is 25.5 Å². The lowest BCUT2D eigenvalue weighted by Crippen LogP contribution is -1.95. The fraction of sp³-hybridized carbons (Fsp3) is 0.692. The molecule has 0 unspecified atom stereocenters. The summed E-state index contributed by atoms with van der Waals surface area (Å²) in [5.41, 5.74) is 2.62. The highest BCUT2D eigenvalue weighted by Gasteiger charge is 2.58. The zero-order valence-electron chi connectivity index (χ0n) is 10.2. The molecule has 2 atom stereocenters. The number of aliphatic hydroxyl groups is 1. The normalized spacial score (nSPS) is 28.1. The molecule has 1 aliphatic carbocycles. The van der Waals surface area contributed by atoms with Crippen LogP contribution in [0.25, 0.3) is 0 Å². The predicted octanol–water partition coefficient (Wildman–Crippen LogP) is 4.08. The molecule has 0 saturated heterocycles. The predicted molar refractivity (Wildman–Crippen MR) is 61.2 cm³/mol. The average molecular weight is 194 g/mol. The summed E-state index contributed by atoms with van der Waals surface area (Å²) in [7, 11) is 0. The Morgan fingerprint density at radius 1 is 1.14 bits per heavy atom. The first-order valence-electron chi connectivity index (χ1n) is 5.29. The molecule has 1 rings (SSSR count). The Morgan fingerprint density at radius 2 is 1.64 bits per heavy atom. The molecule has 0 aromatic heterocycles. The van der Waals surface area contributed by atoms with Crippen LogP contribution in [0.2, 0.25) is 0 Å². The number of allylic oxidation sites excluding steroid dienone is 4. The van der Waals surface area contributed by atoms with Gasteiger partial charge in [0.15, 0.2) is 0 Å². The molecule has 1 fully saturated rings. The second-order valence-corrected chi connectivity index (χ2v) is 5.45. The molecular formula is C13H22O. The topological polar surface area (TPSA) is 20.2 Å². The minimum absolute atomic E-state index is 0.235. The van der Waals surface area contributed by atoms with E-state index in [4.69, 9.17) is 0 Å². The van der Waals surface area contributed by atoms with Crippen LogP contribution in [0.3, 0.4) is 0 Å². The first-order chi connectivity index (χ1) is 6.28. The van der Waals surface area contributed by atoms with E-state index in [2.05, 4.69) is 33.8 Å². The Labute approximate surface area is 87.5 Å². The molecule has 0 amide bonds. The molecule has 14 heavy (non-hydrogen) atoms. The third-order valence-electron chi connectivity index (χ3n) is 3.23. The van der Waals surface area contributed by atoms with Crippen LogP contribution >= 0.6 is 0 Å². The van der Waals surface area contributed by atoms with Crippen molar-refractivity contribution < 1.29 is 5.11 Å². The summed E-state index contributed by atoms with van der Waals surface area (Å²) in [4.78, 5) is 0. The second-order valence-electron chi connectivity index (χ2n) is 5.45. The van der Waals surface area contributed by atoms with Gasteiger partial charge < -0.3 is 5.11 Å². The molecule has 1 N–H and O–H groups in total. The Balaban J connectivity index is 2.87. The molecule has 1 aliphatic rings. The van der Waals surface area contributed by atoms with E-state index in [1.54, 1.807) is 0 Å². The van der Waals surface area contributed by atoms with Crippen molar-refractivity contribution in [3.8, 4) is 0 Å². The first-order valence-corrected chi connectivity index (χ1v) is 5.29. The van der Waals surface area contributed by atoms with Crippen molar-refractivity contribution in [3.05, 3.63) is 23.0 Å². The minimum Gasteiger partial charge on any atom is -0.512 e. The maximum absolute atomic E-state index is 9.94. The summed E-state index contributed by atoms with van der Waals surface area (Å²) < 4.78 is 0. The third-order valence-corrected chi connectivity index (χ3v) is 3.23. The third kappa shape index (κ3) is 1.87. The van der Waals surface area contributed by atoms with Crippen molar-refractivity contribution in [2.45, 2.75) is 41.5 Å². The summed E-state index contributed by atoms with van der Waals surface area (Å²) >= 11 is 0. The lowest BCUT2D eigenvalue weighted by atomic mass is 10.1. The van der Waals surface area contributed by atoms with E-state index in [0.717, 1.165) is 5.57 Å². The van der Waals surface area contributed by atoms with E-state index >= 15 is 0 Å². The van der Waals surface area contributed by atoms with Crippen molar-refractivity contribution in [3.63, 3.8) is 0 Å². The van der Waals surface area contributed by atoms with Crippen LogP contribution in [-0.4, -0.2) is 5.11 Å². The summed E-state index contributed by atoms with van der Waals surface area (Å²) in [6, 6.07) is 0. The number of rotatable bonds is 2. The van der Waals surface area contributed by atoms with Gasteiger partial charge in [0.2, 0.25) is 0 Å². The summed E-state index contributed by atoms with van der Waals surface area (Å²) in [6.07, 6.45) is 2.28. The smallest absolute Gasteiger partial charge is 0.0951 e. The monoisotopic (exact) mass is 194 g/mol. The molecule has 1 heteroatoms. The number of aliphatic hydroxyl groups excluding tert-OH is 1. The van der Waals surface area contributed by atoms with Gasteiger partial charge in [0.05, 0.1) is 5.76 Å². The van der Waals surface area contributed by atoms with Gasteiger partial charge in [-0.15, -0.1) is 0 Å². The molecule has 0 spiro atoms. The van der Waals surface area contributed by atoms with Crippen molar-refractivity contribution in [1.82, 2.24) is 0 Å². The van der Waals surface area contributed by atoms with Crippen LogP contribution in [0.4, 0.5) is 0 Å². The lowest BCUT2D eigenvalue weighted by Gasteiger charge is -2.03. The van der Waals surface area contributed by atoms with Crippen LogP contribution in [0.5, 0.6) is 0 Å². The maximum Gasteiger partial charge on any atom is 0.0951 e. The quantitative estimate of drug-likeness (QED) is 0.519. The summed E-state index contributed by atoms with van der Waals surface area (Å²) in [5, 5.41) is 9.94. The van der Waals surface area contributed by atoms with Gasteiger partial charge in [-0.2, -0.15) is 0 Å². The second kappa shape index (κ2) is 3.45. The largest absolute Gasteiger partial charge is 0.512 e. The van der Waals surface area contributed by atoms with Gasteiger partial charge in [-0.05, 0) is 44.6 Å². The summed E-state index contributed by atoms with van der Waals surface area (Å²) in [5.74, 6) is 1.45. The van der Waals surface area contributed by atoms with E-state index in [1.165, 1.54) is 5.57 Å². The Bertz CT molecular complexity index is 286. The Morgan fingerprint density at radius 3 is 2.00 bits per heavy atom. The van der Waals surface area contributed by atoms with Crippen molar-refractivity contribution in [2.24, 2.45) is 17.3 Å². The van der Waals surface area contributed by atoms with Crippen LogP contribution in [0.15, 0.2) is 23.0 Å². The lowest BCUT2D eigenvalue weighted by molar-refractivity contribution is 0.350. The first kappa shape index (κ1) is 11.4. The number of hydrogen-bond acceptors (Lipinski definition) is 1. The Kier molecular flexibility index (Phi) is 2.80. The highest BCUT2D eigenvalue weighted by molar-refractivity contribution is 5.27. The maximum atomic E-state index is 9.94. The standard InChI is InChI=1S/C13H22O/c1-8(2)7-10-11(13(10,5)6)12(14)9(3)4/h7,10-11,14H,1-6H3/t10-,11+/m0/s1. The molecule has 0 bridgehead atoms. The van der Waals surface area contributed by atoms with E-state index in [0.29, 0.717) is 17.6 Å². The van der Waals surface area contributed by atoms with Gasteiger partial charge in [-0.25, -0.2) is 0 Å². The van der Waals surface area contributed by atoms with E-state index in [9.17, 15) is 5.11 Å². The fourth-order valence-electron chi connectivity index (χ4n) is 2.18. The van der Waals surface area contributed by atoms with Crippen molar-refractivity contribution in [2.75, 3.05) is 0 Å². The fourth-order valence-corrected chi connectivity index (χ4v) is 2.18. The van der Waals surface area contributed by atoms with Gasteiger partial charge in [0.1, 0.15) is 0 Å². The van der Waals surface area contributed by atoms with Crippen LogP contribution in [-0.2, 0) is 0 Å². The molecule has 0 aromatic carbocycles. The highest BCUT2D eigenvalue weighted by Crippen LogP contribution is 2.62. The van der Waals surface area contributed by atoms with Gasteiger partial charge in [0, 0.05) is 5.92 Å². The molecule has 80 valence electrons. The molecule has 0 radical (unpaired) electrons. The minimum atomic E-state index is 0.235. The van der Waals surface area contributed by atoms with Crippen molar-refractivity contribution in [1.29, 1.82) is 0 Å². The molecule has 0 aromatic rings. The molecular weight excluding hydrogens is 172 g/mol. The highest BCUT2D eigenvalue weighted by atomic mass is 16.3. The van der Waals surface area contributed by atoms with Gasteiger partial charge in [-0.3, -0.25) is 0 Å². The van der Waals surface area contributed by atoms with Crippen molar-refractivity contribution >= 4 is 0 Å². The van der Waals surface area contributed by atoms with E-state index in [1.807, 2.05) is 13.8 Å². The molecule has 0 heterocycles. The van der Waals surface area contributed by atoms with E-state index < -0.39 is 0 Å². The van der Waals surface area contributed by atoms with Gasteiger partial charge >= 0.3 is 0 Å². The van der Waals surface area contributed by atoms with Gasteiger partial charge in [0.25, 0.3) is 0 Å².